The smallest absolute Gasteiger partial charge is 0.257 e. The maximum absolute atomic E-state index is 13.6. The Morgan fingerprint density at radius 3 is 2.73 bits per heavy atom. The van der Waals surface area contributed by atoms with E-state index >= 15 is 0 Å². The minimum Gasteiger partial charge on any atom is -0.332 e. The van der Waals surface area contributed by atoms with Crippen LogP contribution in [0.2, 0.25) is 0 Å². The monoisotopic (exact) mass is 514 g/mol. The Morgan fingerprint density at radius 2 is 1.89 bits per heavy atom. The number of carbonyl (C=O) groups excluding carboxylic acids is 2. The van der Waals surface area contributed by atoms with Crippen molar-refractivity contribution >= 4 is 34.5 Å². The average Bonchev–Trinajstić information content (AvgIpc) is 3.69. The molecule has 2 aromatic carbocycles. The second kappa shape index (κ2) is 10.1. The number of aromatic nitrogens is 1. The highest BCUT2D eigenvalue weighted by Crippen LogP contribution is 2.34. The van der Waals surface area contributed by atoms with E-state index in [9.17, 15) is 9.59 Å². The number of carbonyl (C=O) groups is 2. The summed E-state index contributed by atoms with van der Waals surface area (Å²) in [5.41, 5.74) is 7.42. The molecule has 0 aliphatic carbocycles. The molecule has 2 N–H and O–H groups in total. The van der Waals surface area contributed by atoms with Crippen molar-refractivity contribution in [3.63, 3.8) is 0 Å². The molecule has 6 rings (SSSR count). The van der Waals surface area contributed by atoms with Gasteiger partial charge in [-0.05, 0) is 55.3 Å². The standard InChI is InChI=1S/C28H30N6O2S/c1-33-12-10-23-25(17-33)37-28(31-23)32-26(35)20-7-3-6-19(14-20)24-9-4-11-34(24)27(36)21-8-2-5-18(13-21)22-15-29-30-16-22/h2-3,5-8,13-15,22,24,30H,4,9-12,16-17H2,1H3,(H,31,32,35)/t22?,24-/m1/s1. The number of benzene rings is 2. The van der Waals surface area contributed by atoms with Gasteiger partial charge in [0.2, 0.25) is 0 Å². The van der Waals surface area contributed by atoms with Gasteiger partial charge in [-0.25, -0.2) is 4.98 Å². The lowest BCUT2D eigenvalue weighted by atomic mass is 9.98. The highest BCUT2D eigenvalue weighted by molar-refractivity contribution is 7.15. The average molecular weight is 515 g/mol. The molecule has 8 nitrogen and oxygen atoms in total. The Morgan fingerprint density at radius 1 is 1.08 bits per heavy atom. The van der Waals surface area contributed by atoms with E-state index in [2.05, 4.69) is 32.8 Å². The van der Waals surface area contributed by atoms with Gasteiger partial charge in [0.1, 0.15) is 0 Å². The van der Waals surface area contributed by atoms with E-state index in [0.29, 0.717) is 22.8 Å². The van der Waals surface area contributed by atoms with E-state index in [0.717, 1.165) is 55.7 Å². The lowest BCUT2D eigenvalue weighted by Crippen LogP contribution is -2.30. The second-order valence-corrected chi connectivity index (χ2v) is 11.1. The first-order valence-corrected chi connectivity index (χ1v) is 13.6. The third-order valence-corrected chi connectivity index (χ3v) is 8.41. The quantitative estimate of drug-likeness (QED) is 0.537. The zero-order valence-corrected chi connectivity index (χ0v) is 21.6. The molecule has 2 amide bonds. The van der Waals surface area contributed by atoms with E-state index in [4.69, 9.17) is 0 Å². The van der Waals surface area contributed by atoms with Crippen LogP contribution < -0.4 is 10.7 Å². The summed E-state index contributed by atoms with van der Waals surface area (Å²) in [7, 11) is 2.10. The van der Waals surface area contributed by atoms with Crippen molar-refractivity contribution in [1.82, 2.24) is 20.2 Å². The van der Waals surface area contributed by atoms with Crippen molar-refractivity contribution in [1.29, 1.82) is 0 Å². The van der Waals surface area contributed by atoms with Gasteiger partial charge in [-0.3, -0.25) is 14.9 Å². The SMILES string of the molecule is CN1CCc2nc(NC(=O)c3cccc([C@H]4CCCN4C(=O)c4cccc(C5C=NNC5)c4)c3)sc2C1. The highest BCUT2D eigenvalue weighted by Gasteiger charge is 2.31. The first-order valence-electron chi connectivity index (χ1n) is 12.8. The van der Waals surface area contributed by atoms with Gasteiger partial charge in [-0.1, -0.05) is 24.3 Å². The van der Waals surface area contributed by atoms with Crippen molar-refractivity contribution in [2.24, 2.45) is 5.10 Å². The molecule has 2 atom stereocenters. The molecule has 3 aliphatic rings. The van der Waals surface area contributed by atoms with Crippen molar-refractivity contribution in [3.05, 3.63) is 81.4 Å². The van der Waals surface area contributed by atoms with Crippen LogP contribution >= 0.6 is 11.3 Å². The molecule has 1 saturated heterocycles. The van der Waals surface area contributed by atoms with Crippen LogP contribution in [0.15, 0.2) is 53.6 Å². The van der Waals surface area contributed by atoms with E-state index in [1.165, 1.54) is 4.88 Å². The number of fused-ring (bicyclic) bond motifs is 1. The number of thiazole rings is 1. The molecule has 37 heavy (non-hydrogen) atoms. The maximum Gasteiger partial charge on any atom is 0.257 e. The van der Waals surface area contributed by atoms with E-state index in [1.807, 2.05) is 59.6 Å². The molecular weight excluding hydrogens is 484 g/mol. The summed E-state index contributed by atoms with van der Waals surface area (Å²) in [6.07, 6.45) is 4.61. The zero-order chi connectivity index (χ0) is 25.4. The topological polar surface area (TPSA) is 89.9 Å². The zero-order valence-electron chi connectivity index (χ0n) is 20.8. The van der Waals surface area contributed by atoms with Crippen molar-refractivity contribution < 1.29 is 9.59 Å². The largest absolute Gasteiger partial charge is 0.332 e. The van der Waals surface area contributed by atoms with E-state index < -0.39 is 0 Å². The molecule has 1 fully saturated rings. The lowest BCUT2D eigenvalue weighted by Gasteiger charge is -2.26. The van der Waals surface area contributed by atoms with Crippen LogP contribution in [0.3, 0.4) is 0 Å². The number of nitrogens with one attached hydrogen (secondary N) is 2. The highest BCUT2D eigenvalue weighted by atomic mass is 32.1. The van der Waals surface area contributed by atoms with Gasteiger partial charge in [0.15, 0.2) is 5.13 Å². The summed E-state index contributed by atoms with van der Waals surface area (Å²) in [4.78, 5) is 36.8. The first kappa shape index (κ1) is 23.8. The van der Waals surface area contributed by atoms with Gasteiger partial charge in [0.05, 0.1) is 11.7 Å². The molecule has 3 aliphatic heterocycles. The Labute approximate surface area is 220 Å². The van der Waals surface area contributed by atoms with Crippen LogP contribution in [0.4, 0.5) is 5.13 Å². The summed E-state index contributed by atoms with van der Waals surface area (Å²) < 4.78 is 0. The molecule has 0 bridgehead atoms. The third-order valence-electron chi connectivity index (χ3n) is 7.41. The molecule has 3 aromatic rings. The molecule has 9 heteroatoms. The summed E-state index contributed by atoms with van der Waals surface area (Å²) in [5.74, 6) is 0.0405. The van der Waals surface area contributed by atoms with Gasteiger partial charge in [0, 0.05) is 60.7 Å². The minimum absolute atomic E-state index is 0.0282. The predicted octanol–water partition coefficient (Wildman–Crippen LogP) is 4.03. The summed E-state index contributed by atoms with van der Waals surface area (Å²) in [6.45, 7) is 3.31. The van der Waals surface area contributed by atoms with Crippen molar-refractivity contribution in [2.75, 3.05) is 32.0 Å². The fourth-order valence-corrected chi connectivity index (χ4v) is 6.49. The molecule has 0 radical (unpaired) electrons. The number of likely N-dealkylation sites (N-methyl/N-ethyl adjacent to an activating group) is 1. The molecule has 0 saturated carbocycles. The van der Waals surface area contributed by atoms with Gasteiger partial charge < -0.3 is 15.2 Å². The van der Waals surface area contributed by atoms with Gasteiger partial charge in [-0.15, -0.1) is 11.3 Å². The number of hydrazone groups is 1. The number of anilines is 1. The number of rotatable bonds is 5. The van der Waals surface area contributed by atoms with Crippen LogP contribution in [-0.4, -0.2) is 59.5 Å². The van der Waals surface area contributed by atoms with Crippen molar-refractivity contribution in [2.45, 2.75) is 37.8 Å². The van der Waals surface area contributed by atoms with Crippen LogP contribution in [0.5, 0.6) is 0 Å². The van der Waals surface area contributed by atoms with Gasteiger partial charge in [-0.2, -0.15) is 5.10 Å². The molecule has 4 heterocycles. The van der Waals surface area contributed by atoms with Gasteiger partial charge >= 0.3 is 0 Å². The molecule has 1 aromatic heterocycles. The Balaban J connectivity index is 1.18. The fourth-order valence-electron chi connectivity index (χ4n) is 5.41. The number of hydrogen-bond donors (Lipinski definition) is 2. The minimum atomic E-state index is -0.170. The Bertz CT molecular complexity index is 1370. The predicted molar refractivity (Wildman–Crippen MR) is 145 cm³/mol. The maximum atomic E-state index is 13.6. The Hall–Kier alpha value is -3.56. The normalized spacial score (nSPS) is 21.1. The lowest BCUT2D eigenvalue weighted by molar-refractivity contribution is 0.0735. The molecule has 1 unspecified atom stereocenters. The van der Waals surface area contributed by atoms with Gasteiger partial charge in [0.25, 0.3) is 11.8 Å². The molecule has 0 spiro atoms. The summed E-state index contributed by atoms with van der Waals surface area (Å²) in [5, 5.41) is 7.75. The summed E-state index contributed by atoms with van der Waals surface area (Å²) >= 11 is 1.55. The molecular formula is C28H30N6O2S. The molecule has 190 valence electrons. The second-order valence-electron chi connectivity index (χ2n) is 9.99. The number of likely N-dealkylation sites (tertiary alicyclic amines) is 1. The van der Waals surface area contributed by atoms with Crippen molar-refractivity contribution in [3.8, 4) is 0 Å². The van der Waals surface area contributed by atoms with E-state index in [-0.39, 0.29) is 23.8 Å². The van der Waals surface area contributed by atoms with Crippen LogP contribution in [-0.2, 0) is 13.0 Å². The first-order chi connectivity index (χ1) is 18.0. The number of nitrogens with zero attached hydrogens (tertiary/aromatic N) is 4. The summed E-state index contributed by atoms with van der Waals surface area (Å²) in [6, 6.07) is 15.5. The third kappa shape index (κ3) is 4.89. The fraction of sp³-hybridized carbons (Fsp3) is 0.357. The van der Waals surface area contributed by atoms with Crippen LogP contribution in [0.25, 0.3) is 0 Å². The number of amides is 2. The van der Waals surface area contributed by atoms with E-state index in [1.54, 1.807) is 11.3 Å². The number of hydrogen-bond acceptors (Lipinski definition) is 7. The Kier molecular flexibility index (Phi) is 6.48. The van der Waals surface area contributed by atoms with Crippen LogP contribution in [0, 0.1) is 0 Å². The van der Waals surface area contributed by atoms with Crippen LogP contribution in [0.1, 0.15) is 67.2 Å².